The van der Waals surface area contributed by atoms with Crippen molar-refractivity contribution >= 4 is 11.9 Å². The highest BCUT2D eigenvalue weighted by atomic mass is 16.6. The molecule has 0 aromatic heterocycles. The van der Waals surface area contributed by atoms with Gasteiger partial charge in [0, 0.05) is 12.8 Å². The van der Waals surface area contributed by atoms with E-state index in [-0.39, 0.29) is 32.0 Å². The van der Waals surface area contributed by atoms with Gasteiger partial charge in [0.05, 0.1) is 12.2 Å². The number of hydrogen-bond acceptors (Lipinski definition) is 7. The topological polar surface area (TPSA) is 113 Å². The molecule has 0 spiro atoms. The SMILES string of the molecule is CCCCC/C=C\C/C=C\C/C=C\CC(O)C(O)CCCC(=O)OC[C@@H](O)COC(=O)CCCCCCCCCCCCCCCC(C)C. The van der Waals surface area contributed by atoms with Crippen molar-refractivity contribution < 1.29 is 34.4 Å². The molecule has 0 aliphatic heterocycles. The molecule has 0 aliphatic carbocycles. The maximum absolute atomic E-state index is 12.0. The highest BCUT2D eigenvalue weighted by Crippen LogP contribution is 2.15. The van der Waals surface area contributed by atoms with Gasteiger partial charge in [-0.3, -0.25) is 9.59 Å². The molecule has 0 aromatic carbocycles. The number of aliphatic hydroxyl groups excluding tert-OH is 3. The number of rotatable bonds is 35. The van der Waals surface area contributed by atoms with E-state index in [1.165, 1.54) is 89.9 Å². The van der Waals surface area contributed by atoms with E-state index in [0.717, 1.165) is 44.4 Å². The number of aliphatic hydroxyl groups is 3. The monoisotopic (exact) mass is 693 g/mol. The Bertz CT molecular complexity index is 835. The second-order valence-electron chi connectivity index (χ2n) is 14.2. The van der Waals surface area contributed by atoms with Gasteiger partial charge in [-0.2, -0.15) is 0 Å². The Hall–Kier alpha value is -1.96. The molecular formula is C42H76O7. The van der Waals surface area contributed by atoms with Crippen molar-refractivity contribution in [2.45, 2.75) is 200 Å². The van der Waals surface area contributed by atoms with E-state index in [9.17, 15) is 24.9 Å². The molecule has 0 aromatic rings. The number of hydrogen-bond donors (Lipinski definition) is 3. The number of allylic oxidation sites excluding steroid dienone is 5. The van der Waals surface area contributed by atoms with Crippen LogP contribution in [0.25, 0.3) is 0 Å². The second kappa shape index (κ2) is 35.9. The van der Waals surface area contributed by atoms with Crippen molar-refractivity contribution in [3.05, 3.63) is 36.5 Å². The van der Waals surface area contributed by atoms with Crippen LogP contribution in [0.5, 0.6) is 0 Å². The molecule has 0 saturated heterocycles. The first-order chi connectivity index (χ1) is 23.8. The van der Waals surface area contributed by atoms with Crippen molar-refractivity contribution in [1.29, 1.82) is 0 Å². The first kappa shape index (κ1) is 47.0. The molecule has 0 aliphatic rings. The summed E-state index contributed by atoms with van der Waals surface area (Å²) in [5.74, 6) is -0.00295. The van der Waals surface area contributed by atoms with Gasteiger partial charge >= 0.3 is 11.9 Å². The third kappa shape index (κ3) is 35.7. The number of carbonyl (C=O) groups excluding carboxylic acids is 2. The van der Waals surface area contributed by atoms with Crippen molar-refractivity contribution in [3.8, 4) is 0 Å². The molecule has 49 heavy (non-hydrogen) atoms. The Morgan fingerprint density at radius 3 is 1.53 bits per heavy atom. The molecular weight excluding hydrogens is 616 g/mol. The quantitative estimate of drug-likeness (QED) is 0.0344. The van der Waals surface area contributed by atoms with Crippen LogP contribution in [-0.4, -0.2) is 58.8 Å². The lowest BCUT2D eigenvalue weighted by Crippen LogP contribution is -2.26. The lowest BCUT2D eigenvalue weighted by Gasteiger charge is -2.16. The maximum Gasteiger partial charge on any atom is 0.305 e. The first-order valence-electron chi connectivity index (χ1n) is 20.1. The predicted molar refractivity (Wildman–Crippen MR) is 203 cm³/mol. The summed E-state index contributed by atoms with van der Waals surface area (Å²) in [7, 11) is 0. The highest BCUT2D eigenvalue weighted by molar-refractivity contribution is 5.69. The minimum atomic E-state index is -1.07. The van der Waals surface area contributed by atoms with Crippen molar-refractivity contribution in [3.63, 3.8) is 0 Å². The van der Waals surface area contributed by atoms with Crippen LogP contribution in [0.4, 0.5) is 0 Å². The van der Waals surface area contributed by atoms with Gasteiger partial charge in [0.1, 0.15) is 19.3 Å². The molecule has 0 heterocycles. The van der Waals surface area contributed by atoms with Crippen molar-refractivity contribution in [1.82, 2.24) is 0 Å². The van der Waals surface area contributed by atoms with Gasteiger partial charge in [-0.05, 0) is 57.3 Å². The summed E-state index contributed by atoms with van der Waals surface area (Å²) in [6.45, 7) is 6.36. The zero-order valence-corrected chi connectivity index (χ0v) is 31.8. The average Bonchev–Trinajstić information content (AvgIpc) is 3.08. The van der Waals surface area contributed by atoms with E-state index in [2.05, 4.69) is 45.1 Å². The van der Waals surface area contributed by atoms with Crippen LogP contribution in [0, 0.1) is 5.92 Å². The van der Waals surface area contributed by atoms with E-state index in [0.29, 0.717) is 19.3 Å². The summed E-state index contributed by atoms with van der Waals surface area (Å²) in [6, 6.07) is 0. The van der Waals surface area contributed by atoms with Crippen LogP contribution in [0.3, 0.4) is 0 Å². The molecule has 0 saturated carbocycles. The molecule has 0 amide bonds. The Kier molecular flexibility index (Phi) is 34.4. The molecule has 2 unspecified atom stereocenters. The zero-order chi connectivity index (χ0) is 36.2. The van der Waals surface area contributed by atoms with Crippen LogP contribution in [0.15, 0.2) is 36.5 Å². The Morgan fingerprint density at radius 1 is 0.531 bits per heavy atom. The second-order valence-corrected chi connectivity index (χ2v) is 14.2. The van der Waals surface area contributed by atoms with Gasteiger partial charge in [-0.1, -0.05) is 154 Å². The number of esters is 2. The molecule has 0 rings (SSSR count). The lowest BCUT2D eigenvalue weighted by atomic mass is 10.0. The van der Waals surface area contributed by atoms with Crippen LogP contribution in [-0.2, 0) is 19.1 Å². The average molecular weight is 693 g/mol. The third-order valence-corrected chi connectivity index (χ3v) is 8.76. The summed E-state index contributed by atoms with van der Waals surface area (Å²) < 4.78 is 10.2. The molecule has 0 fully saturated rings. The molecule has 0 bridgehead atoms. The zero-order valence-electron chi connectivity index (χ0n) is 31.8. The normalized spacial score (nSPS) is 13.9. The fourth-order valence-corrected chi connectivity index (χ4v) is 5.55. The maximum atomic E-state index is 12.0. The number of ether oxygens (including phenoxy) is 2. The predicted octanol–water partition coefficient (Wildman–Crippen LogP) is 10.3. The van der Waals surface area contributed by atoms with E-state index >= 15 is 0 Å². The van der Waals surface area contributed by atoms with Crippen molar-refractivity contribution in [2.75, 3.05) is 13.2 Å². The van der Waals surface area contributed by atoms with Gasteiger partial charge in [0.2, 0.25) is 0 Å². The lowest BCUT2D eigenvalue weighted by molar-refractivity contribution is -0.152. The molecule has 3 atom stereocenters. The van der Waals surface area contributed by atoms with Gasteiger partial charge in [-0.15, -0.1) is 0 Å². The van der Waals surface area contributed by atoms with Crippen LogP contribution in [0.2, 0.25) is 0 Å². The summed E-state index contributed by atoms with van der Waals surface area (Å²) in [5, 5.41) is 30.4. The van der Waals surface area contributed by atoms with Crippen LogP contribution >= 0.6 is 0 Å². The molecule has 7 heteroatoms. The standard InChI is InChI=1S/C42H76O7/c1-4-5-6-7-8-9-10-15-18-21-24-27-31-39(44)40(45)32-29-34-42(47)49-36-38(43)35-48-41(46)33-28-25-22-19-16-13-11-12-14-17-20-23-26-30-37(2)3/h8-9,15,18,24,27,37-40,43-45H,4-7,10-14,16-17,19-23,25-26,28-36H2,1-3H3/b9-8-,18-15-,27-24-/t38-,39?,40?/m0/s1. The third-order valence-electron chi connectivity index (χ3n) is 8.76. The molecule has 286 valence electrons. The van der Waals surface area contributed by atoms with Crippen molar-refractivity contribution in [2.24, 2.45) is 5.92 Å². The van der Waals surface area contributed by atoms with E-state index < -0.39 is 24.3 Å². The number of unbranched alkanes of at least 4 members (excludes halogenated alkanes) is 15. The minimum absolute atomic E-state index is 0.0721. The fourth-order valence-electron chi connectivity index (χ4n) is 5.55. The van der Waals surface area contributed by atoms with Gasteiger partial charge in [0.15, 0.2) is 0 Å². The van der Waals surface area contributed by atoms with E-state index in [4.69, 9.17) is 9.47 Å². The van der Waals surface area contributed by atoms with Gasteiger partial charge in [-0.25, -0.2) is 0 Å². The van der Waals surface area contributed by atoms with Crippen LogP contribution < -0.4 is 0 Å². The summed E-state index contributed by atoms with van der Waals surface area (Å²) in [5.41, 5.74) is 0. The Balaban J connectivity index is 3.66. The van der Waals surface area contributed by atoms with Gasteiger partial charge < -0.3 is 24.8 Å². The molecule has 3 N–H and O–H groups in total. The van der Waals surface area contributed by atoms with Gasteiger partial charge in [0.25, 0.3) is 0 Å². The largest absolute Gasteiger partial charge is 0.463 e. The highest BCUT2D eigenvalue weighted by Gasteiger charge is 2.16. The minimum Gasteiger partial charge on any atom is -0.463 e. The van der Waals surface area contributed by atoms with E-state index in [1.807, 2.05) is 12.2 Å². The first-order valence-corrected chi connectivity index (χ1v) is 20.1. The summed E-state index contributed by atoms with van der Waals surface area (Å²) in [6.07, 6.45) is 35.2. The Labute approximate surface area is 301 Å². The van der Waals surface area contributed by atoms with E-state index in [1.54, 1.807) is 0 Å². The molecule has 0 radical (unpaired) electrons. The molecule has 7 nitrogen and oxygen atoms in total. The smallest absolute Gasteiger partial charge is 0.305 e. The number of carbonyl (C=O) groups is 2. The fraction of sp³-hybridized carbons (Fsp3) is 0.810. The Morgan fingerprint density at radius 2 is 1.00 bits per heavy atom. The summed E-state index contributed by atoms with van der Waals surface area (Å²) in [4.78, 5) is 24.0. The van der Waals surface area contributed by atoms with Crippen LogP contribution in [0.1, 0.15) is 181 Å². The summed E-state index contributed by atoms with van der Waals surface area (Å²) >= 11 is 0.